The number of ketones is 3. The zero-order valence-corrected chi connectivity index (χ0v) is 29.0. The maximum absolute atomic E-state index is 12.3. The van der Waals surface area contributed by atoms with Crippen molar-refractivity contribution < 1.29 is 62.2 Å². The second kappa shape index (κ2) is 23.9. The Balaban J connectivity index is 0.000000532. The molecule has 286 valence electrons. The van der Waals surface area contributed by atoms with E-state index < -0.39 is 85.3 Å². The van der Waals surface area contributed by atoms with E-state index in [1.165, 1.54) is 66.6 Å². The number of aliphatic hydroxyl groups is 1. The number of phenolic OH excluding ortho intramolecular Hbond substituents is 3. The molecule has 5 N–H and O–H groups in total. The zero-order valence-electron chi connectivity index (χ0n) is 42.0. The minimum Gasteiger partial charge on any atom is -0.508 e. The van der Waals surface area contributed by atoms with Crippen LogP contribution in [0.15, 0.2) is 103 Å². The number of phenols is 3. The molecular weight excluding hydrogens is 686 g/mol. The Hall–Kier alpha value is -6.42. The highest BCUT2D eigenvalue weighted by Gasteiger charge is 2.05. The highest BCUT2D eigenvalue weighted by Crippen LogP contribution is 2.27. The number of aryl methyl sites for hydroxylation is 3. The van der Waals surface area contributed by atoms with E-state index in [1.807, 2.05) is 0 Å². The number of hydrogen-bond acceptors (Lipinski definition) is 10. The molecule has 10 heteroatoms. The van der Waals surface area contributed by atoms with Gasteiger partial charge in [0, 0.05) is 30.7 Å². The Bertz CT molecular complexity index is 2510. The first-order valence-electron chi connectivity index (χ1n) is 22.2. The van der Waals surface area contributed by atoms with Crippen molar-refractivity contribution in [2.45, 2.75) is 54.3 Å². The number of Topliss-reactive ketones (excluding diaryl/α,β-unsaturated/α-hetero) is 2. The van der Waals surface area contributed by atoms with Crippen LogP contribution in [0.25, 0.3) is 12.1 Å². The summed E-state index contributed by atoms with van der Waals surface area (Å²) in [4.78, 5) is 44.1. The molecule has 1 aliphatic rings. The fourth-order valence-electron chi connectivity index (χ4n) is 4.16. The van der Waals surface area contributed by atoms with E-state index >= 15 is 0 Å². The second-order valence-corrected chi connectivity index (χ2v) is 11.0. The normalized spacial score (nSPS) is 16.4. The van der Waals surface area contributed by atoms with E-state index in [-0.39, 0.29) is 30.1 Å². The molecule has 0 amide bonds. The molecule has 0 unspecified atom stereocenters. The first-order valence-corrected chi connectivity index (χ1v) is 15.7. The van der Waals surface area contributed by atoms with Crippen molar-refractivity contribution in [1.82, 2.24) is 0 Å². The molecule has 0 aromatic heterocycles. The zero-order chi connectivity index (χ0) is 50.5. The van der Waals surface area contributed by atoms with Gasteiger partial charge in [0.15, 0.2) is 17.3 Å². The SMILES string of the molecule is C.[2H]/C(C(=O)/C=C(O)/C([2H])=C(\[2H])c1ccc(O)c(C)c1)=C(/[2H])c1ccc(O)c(OC([2H])([2H])[2H])c1.[2H]C(=O)c1ccc(O)c(C)c1.[2H]C([2H])([2H])C(=O)C([2H])([2H])C(C)=O.c1ccc2c(c1)CCCN2. The number of aldehydes is 1. The third kappa shape index (κ3) is 17.2. The number of methoxy groups -OCH3 is 1. The van der Waals surface area contributed by atoms with Gasteiger partial charge in [0.25, 0.3) is 0 Å². The van der Waals surface area contributed by atoms with Gasteiger partial charge in [-0.3, -0.25) is 19.2 Å². The number of allylic oxidation sites excluding steroid dienone is 3. The van der Waals surface area contributed by atoms with Crippen LogP contribution < -0.4 is 10.1 Å². The number of rotatable bonds is 9. The summed E-state index contributed by atoms with van der Waals surface area (Å²) in [5.41, 5.74) is 4.25. The summed E-state index contributed by atoms with van der Waals surface area (Å²) in [6, 6.07) is 17.4. The molecule has 4 aromatic carbocycles. The second-order valence-electron chi connectivity index (χ2n) is 11.0. The van der Waals surface area contributed by atoms with Crippen molar-refractivity contribution in [3.8, 4) is 23.0 Å². The van der Waals surface area contributed by atoms with Crippen molar-refractivity contribution >= 4 is 41.4 Å². The molecule has 5 rings (SSSR count). The quantitative estimate of drug-likeness (QED) is 0.0366. The molecule has 0 atom stereocenters. The molecule has 0 aliphatic carbocycles. The molecule has 10 nitrogen and oxygen atoms in total. The molecule has 0 fully saturated rings. The van der Waals surface area contributed by atoms with Gasteiger partial charge >= 0.3 is 0 Å². The van der Waals surface area contributed by atoms with Gasteiger partial charge in [-0.05, 0) is 129 Å². The minimum absolute atomic E-state index is 0. The van der Waals surface area contributed by atoms with E-state index in [9.17, 15) is 34.5 Å². The van der Waals surface area contributed by atoms with E-state index in [2.05, 4.69) is 34.3 Å². The summed E-state index contributed by atoms with van der Waals surface area (Å²) in [5, 5.41) is 41.8. The fourth-order valence-corrected chi connectivity index (χ4v) is 4.16. The van der Waals surface area contributed by atoms with Crippen molar-refractivity contribution in [2.75, 3.05) is 18.9 Å². The van der Waals surface area contributed by atoms with Crippen LogP contribution in [0.4, 0.5) is 5.69 Å². The van der Waals surface area contributed by atoms with Gasteiger partial charge in [-0.2, -0.15) is 0 Å². The number of benzene rings is 4. The summed E-state index contributed by atoms with van der Waals surface area (Å²) >= 11 is 0. The Morgan fingerprint density at radius 2 is 1.44 bits per heavy atom. The number of hydrogen-bond donors (Lipinski definition) is 5. The first-order chi connectivity index (χ1) is 30.4. The molecule has 0 spiro atoms. The van der Waals surface area contributed by atoms with E-state index in [0.29, 0.717) is 22.8 Å². The maximum Gasteiger partial charge on any atom is 0.182 e. The van der Waals surface area contributed by atoms with Gasteiger partial charge in [0.2, 0.25) is 0 Å². The van der Waals surface area contributed by atoms with Crippen LogP contribution >= 0.6 is 0 Å². The minimum atomic E-state index is -3.06. The number of carbonyl (C=O) groups excluding carboxylic acids is 4. The van der Waals surface area contributed by atoms with E-state index in [1.54, 1.807) is 13.8 Å². The fraction of sp³-hybridized carbons (Fsp3) is 0.227. The van der Waals surface area contributed by atoms with Gasteiger partial charge < -0.3 is 30.5 Å². The third-order valence-corrected chi connectivity index (χ3v) is 6.76. The van der Waals surface area contributed by atoms with Crippen LogP contribution in [0.2, 0.25) is 0 Å². The summed E-state index contributed by atoms with van der Waals surface area (Å²) in [5.74, 6) is -5.68. The Kier molecular flexibility index (Phi) is 12.5. The standard InChI is InChI=1S/C21H20O5.C9H11N.C8H8O2.C5H8O2.CH4/c1-14-11-15(5-9-19(14)24)3-7-17(22)13-18(23)8-4-16-6-10-20(25)21(12-16)26-2;1-2-6-9-8(4-1)5-3-7-10-9;1-6-4-7(5-9)2-3-8(6)10;1-4(6)3-5(2)7;/h3-13,22,24-25H,1-2H3;1-2,4,6,10H,3,5,7H2;2-5,10H,1H3;3H2,1-2H3;1H4/b7-3+,8-4+,17-13-;;;;/i2D3,3D,4D,7D,8D;;5D;1D3,3D2;. The van der Waals surface area contributed by atoms with Crippen molar-refractivity contribution in [1.29, 1.82) is 0 Å². The molecule has 0 saturated heterocycles. The largest absolute Gasteiger partial charge is 0.508 e. The lowest BCUT2D eigenvalue weighted by atomic mass is 10.0. The maximum atomic E-state index is 12.3. The molecule has 4 aromatic rings. The predicted molar refractivity (Wildman–Crippen MR) is 215 cm³/mol. The summed E-state index contributed by atoms with van der Waals surface area (Å²) < 4.78 is 98.0. The van der Waals surface area contributed by atoms with Crippen LogP contribution in [0, 0.1) is 13.8 Å². The van der Waals surface area contributed by atoms with Gasteiger partial charge in [-0.25, -0.2) is 0 Å². The molecule has 0 bridgehead atoms. The molecule has 0 radical (unpaired) electrons. The van der Waals surface area contributed by atoms with Crippen LogP contribution in [-0.4, -0.2) is 57.6 Å². The monoisotopic (exact) mass is 750 g/mol. The average molecular weight is 751 g/mol. The van der Waals surface area contributed by atoms with Gasteiger partial charge in [0.1, 0.15) is 36.5 Å². The van der Waals surface area contributed by atoms with Crippen LogP contribution in [0.5, 0.6) is 23.0 Å². The van der Waals surface area contributed by atoms with Crippen LogP contribution in [0.3, 0.4) is 0 Å². The van der Waals surface area contributed by atoms with E-state index in [0.717, 1.165) is 25.6 Å². The van der Waals surface area contributed by atoms with E-state index in [4.69, 9.17) is 22.9 Å². The molecule has 1 heterocycles. The summed E-state index contributed by atoms with van der Waals surface area (Å²) in [7, 11) is -2.88. The number of fused-ring (bicyclic) bond motifs is 1. The van der Waals surface area contributed by atoms with Gasteiger partial charge in [-0.15, -0.1) is 0 Å². The van der Waals surface area contributed by atoms with Gasteiger partial charge in [-0.1, -0.05) is 49.9 Å². The molecule has 1 aliphatic heterocycles. The average Bonchev–Trinajstić information content (AvgIpc) is 3.24. The lowest BCUT2D eigenvalue weighted by Crippen LogP contribution is -2.10. The Labute approximate surface area is 336 Å². The van der Waals surface area contributed by atoms with Crippen molar-refractivity contribution in [2.24, 2.45) is 0 Å². The lowest BCUT2D eigenvalue weighted by Gasteiger charge is -2.16. The first kappa shape index (κ1) is 28.1. The Morgan fingerprint density at radius 1 is 0.852 bits per heavy atom. The number of anilines is 1. The Morgan fingerprint density at radius 3 is 2.02 bits per heavy atom. The molecule has 0 saturated carbocycles. The van der Waals surface area contributed by atoms with Gasteiger partial charge in [0.05, 0.1) is 23.0 Å². The predicted octanol–water partition coefficient (Wildman–Crippen LogP) is 8.90. The number of aromatic hydroxyl groups is 3. The highest BCUT2D eigenvalue weighted by atomic mass is 16.5. The number of nitrogens with one attached hydrogen (secondary N) is 1. The van der Waals surface area contributed by atoms with Crippen LogP contribution in [0.1, 0.15) is 90.0 Å². The smallest absolute Gasteiger partial charge is 0.182 e. The number of carbonyl (C=O) groups is 4. The third-order valence-electron chi connectivity index (χ3n) is 6.76. The topological polar surface area (TPSA) is 170 Å². The summed E-state index contributed by atoms with van der Waals surface area (Å²) in [6.45, 7) is 2.18. The van der Waals surface area contributed by atoms with Crippen molar-refractivity contribution in [3.63, 3.8) is 0 Å². The molecule has 54 heavy (non-hydrogen) atoms. The highest BCUT2D eigenvalue weighted by molar-refractivity contribution is 6.02. The van der Waals surface area contributed by atoms with Crippen molar-refractivity contribution in [3.05, 3.63) is 136 Å². The lowest BCUT2D eigenvalue weighted by molar-refractivity contribution is -0.124. The number of ether oxygens (including phenoxy) is 1. The molecular formula is C44H51NO9. The summed E-state index contributed by atoms with van der Waals surface area (Å²) in [6.07, 6.45) is -0.597. The van der Waals surface area contributed by atoms with Crippen LogP contribution in [-0.2, 0) is 20.8 Å². The number of para-hydroxylation sites is 1. The number of aliphatic hydroxyl groups excluding tert-OH is 1.